The fraction of sp³-hybridized carbons (Fsp3) is 0.200. The molecular weight excluding hydrogens is 270 g/mol. The molecule has 0 radical (unpaired) electrons. The smallest absolute Gasteiger partial charge is 0.271 e. The number of rotatable bonds is 4. The quantitative estimate of drug-likeness (QED) is 0.802. The van der Waals surface area contributed by atoms with Gasteiger partial charge in [0.1, 0.15) is 4.70 Å². The van der Waals surface area contributed by atoms with E-state index in [1.165, 1.54) is 16.9 Å². The predicted octanol–water partition coefficient (Wildman–Crippen LogP) is 2.88. The van der Waals surface area contributed by atoms with Crippen LogP contribution in [0.15, 0.2) is 46.8 Å². The van der Waals surface area contributed by atoms with E-state index in [4.69, 9.17) is 0 Å². The molecule has 0 amide bonds. The number of hydrogen-bond acceptors (Lipinski definition) is 4. The summed E-state index contributed by atoms with van der Waals surface area (Å²) in [4.78, 5) is 16.5. The number of hydrogen-bond donors (Lipinski definition) is 1. The van der Waals surface area contributed by atoms with Crippen molar-refractivity contribution >= 4 is 27.2 Å². The highest BCUT2D eigenvalue weighted by atomic mass is 32.1. The van der Waals surface area contributed by atoms with Gasteiger partial charge in [-0.05, 0) is 36.1 Å². The Bertz CT molecular complexity index is 791. The van der Waals surface area contributed by atoms with Gasteiger partial charge in [-0.2, -0.15) is 0 Å². The van der Waals surface area contributed by atoms with Crippen molar-refractivity contribution in [3.63, 3.8) is 0 Å². The van der Waals surface area contributed by atoms with Crippen LogP contribution in [-0.4, -0.2) is 16.1 Å². The van der Waals surface area contributed by atoms with Gasteiger partial charge in [0.15, 0.2) is 0 Å². The van der Waals surface area contributed by atoms with Crippen molar-refractivity contribution in [1.29, 1.82) is 0 Å². The molecule has 102 valence electrons. The van der Waals surface area contributed by atoms with Gasteiger partial charge in [0.05, 0.1) is 11.8 Å². The number of benzene rings is 1. The van der Waals surface area contributed by atoms with Crippen LogP contribution < -0.4 is 10.9 Å². The summed E-state index contributed by atoms with van der Waals surface area (Å²) in [5, 5.41) is 5.22. The third-order valence-electron chi connectivity index (χ3n) is 3.14. The Hall–Kier alpha value is -2.14. The van der Waals surface area contributed by atoms with E-state index >= 15 is 0 Å². The second-order valence-electron chi connectivity index (χ2n) is 4.67. The van der Waals surface area contributed by atoms with Crippen molar-refractivity contribution in [2.24, 2.45) is 0 Å². The first-order valence-electron chi connectivity index (χ1n) is 6.47. The minimum absolute atomic E-state index is 0.0380. The summed E-state index contributed by atoms with van der Waals surface area (Å²) in [6.07, 6.45) is 1.62. The molecule has 2 aromatic heterocycles. The van der Waals surface area contributed by atoms with Gasteiger partial charge in [-0.15, -0.1) is 11.3 Å². The maximum absolute atomic E-state index is 12.2. The average molecular weight is 285 g/mol. The van der Waals surface area contributed by atoms with E-state index in [-0.39, 0.29) is 5.56 Å². The molecule has 3 aromatic rings. The maximum atomic E-state index is 12.2. The largest absolute Gasteiger partial charge is 0.383 e. The van der Waals surface area contributed by atoms with Crippen molar-refractivity contribution in [1.82, 2.24) is 9.55 Å². The van der Waals surface area contributed by atoms with E-state index in [1.807, 2.05) is 23.6 Å². The second-order valence-corrected chi connectivity index (χ2v) is 5.59. The predicted molar refractivity (Wildman–Crippen MR) is 83.5 cm³/mol. The summed E-state index contributed by atoms with van der Waals surface area (Å²) in [6.45, 7) is 3.36. The number of nitrogens with one attached hydrogen (secondary N) is 1. The van der Waals surface area contributed by atoms with Gasteiger partial charge in [0, 0.05) is 18.8 Å². The summed E-state index contributed by atoms with van der Waals surface area (Å²) in [5.74, 6) is 0. The highest BCUT2D eigenvalue weighted by Crippen LogP contribution is 2.13. The molecule has 0 aliphatic carbocycles. The summed E-state index contributed by atoms with van der Waals surface area (Å²) in [7, 11) is 0. The molecule has 2 heterocycles. The molecule has 0 saturated carbocycles. The molecule has 0 atom stereocenters. The van der Waals surface area contributed by atoms with E-state index in [1.54, 1.807) is 10.9 Å². The number of aromatic nitrogens is 2. The number of thiophene rings is 1. The van der Waals surface area contributed by atoms with Crippen LogP contribution in [0.1, 0.15) is 5.56 Å². The number of fused-ring (bicyclic) bond motifs is 1. The zero-order valence-electron chi connectivity index (χ0n) is 11.2. The molecule has 5 heteroatoms. The van der Waals surface area contributed by atoms with E-state index in [0.29, 0.717) is 13.1 Å². The van der Waals surface area contributed by atoms with Gasteiger partial charge in [0.25, 0.3) is 5.56 Å². The van der Waals surface area contributed by atoms with Gasteiger partial charge in [-0.1, -0.05) is 12.1 Å². The number of nitrogens with zero attached hydrogens (tertiary/aromatic N) is 2. The first-order valence-corrected chi connectivity index (χ1v) is 7.35. The highest BCUT2D eigenvalue weighted by Gasteiger charge is 2.04. The number of anilines is 1. The third-order valence-corrected chi connectivity index (χ3v) is 4.03. The maximum Gasteiger partial charge on any atom is 0.271 e. The summed E-state index contributed by atoms with van der Waals surface area (Å²) < 4.78 is 2.38. The van der Waals surface area contributed by atoms with Crippen molar-refractivity contribution in [3.8, 4) is 0 Å². The Kier molecular flexibility index (Phi) is 3.52. The summed E-state index contributed by atoms with van der Waals surface area (Å²) in [5.41, 5.74) is 3.11. The zero-order chi connectivity index (χ0) is 13.9. The second kappa shape index (κ2) is 5.46. The van der Waals surface area contributed by atoms with Crippen LogP contribution in [0, 0.1) is 6.92 Å². The molecule has 1 N–H and O–H groups in total. The highest BCUT2D eigenvalue weighted by molar-refractivity contribution is 7.17. The topological polar surface area (TPSA) is 46.9 Å². The van der Waals surface area contributed by atoms with Gasteiger partial charge >= 0.3 is 0 Å². The molecular formula is C15H15N3OS. The van der Waals surface area contributed by atoms with Crippen LogP contribution >= 0.6 is 11.3 Å². The molecule has 0 saturated heterocycles. The Morgan fingerprint density at radius 3 is 3.10 bits per heavy atom. The molecule has 0 aliphatic rings. The Morgan fingerprint density at radius 2 is 2.25 bits per heavy atom. The van der Waals surface area contributed by atoms with Gasteiger partial charge in [-0.3, -0.25) is 9.36 Å². The van der Waals surface area contributed by atoms with E-state index in [9.17, 15) is 4.79 Å². The normalized spacial score (nSPS) is 10.8. The monoisotopic (exact) mass is 285 g/mol. The number of aryl methyl sites for hydroxylation is 1. The Labute approximate surface area is 120 Å². The minimum atomic E-state index is 0.0380. The van der Waals surface area contributed by atoms with Crippen LogP contribution in [-0.2, 0) is 6.54 Å². The third kappa shape index (κ3) is 2.58. The van der Waals surface area contributed by atoms with Crippen LogP contribution in [0.3, 0.4) is 0 Å². The van der Waals surface area contributed by atoms with Crippen molar-refractivity contribution in [2.75, 3.05) is 11.9 Å². The van der Waals surface area contributed by atoms with Crippen LogP contribution in [0.5, 0.6) is 0 Å². The summed E-state index contributed by atoms with van der Waals surface area (Å²) in [6, 6.07) is 10.1. The van der Waals surface area contributed by atoms with E-state index < -0.39 is 0 Å². The zero-order valence-corrected chi connectivity index (χ0v) is 12.0. The first-order chi connectivity index (χ1) is 9.74. The molecule has 0 fully saturated rings. The fourth-order valence-electron chi connectivity index (χ4n) is 2.11. The Balaban J connectivity index is 1.71. The summed E-state index contributed by atoms with van der Waals surface area (Å²) >= 11 is 1.44. The standard InChI is InChI=1S/C15H15N3OS/c1-11-3-2-4-12(9-11)16-6-7-18-10-17-13-5-8-20-14(13)15(18)19/h2-5,8-10,16H,6-7H2,1H3. The van der Waals surface area contributed by atoms with E-state index in [2.05, 4.69) is 29.4 Å². The lowest BCUT2D eigenvalue weighted by atomic mass is 10.2. The lowest BCUT2D eigenvalue weighted by Crippen LogP contribution is -2.23. The molecule has 1 aromatic carbocycles. The molecule has 0 aliphatic heterocycles. The molecule has 0 unspecified atom stereocenters. The minimum Gasteiger partial charge on any atom is -0.383 e. The molecule has 20 heavy (non-hydrogen) atoms. The van der Waals surface area contributed by atoms with Gasteiger partial charge < -0.3 is 5.32 Å². The molecule has 0 spiro atoms. The van der Waals surface area contributed by atoms with Crippen molar-refractivity contribution in [3.05, 3.63) is 58.0 Å². The molecule has 0 bridgehead atoms. The lowest BCUT2D eigenvalue weighted by Gasteiger charge is -2.08. The average Bonchev–Trinajstić information content (AvgIpc) is 2.91. The van der Waals surface area contributed by atoms with Gasteiger partial charge in [0.2, 0.25) is 0 Å². The van der Waals surface area contributed by atoms with Crippen molar-refractivity contribution in [2.45, 2.75) is 13.5 Å². The Morgan fingerprint density at radius 1 is 1.35 bits per heavy atom. The van der Waals surface area contributed by atoms with Gasteiger partial charge in [-0.25, -0.2) is 4.98 Å². The first kappa shape index (κ1) is 12.9. The fourth-order valence-corrected chi connectivity index (χ4v) is 2.91. The van der Waals surface area contributed by atoms with Crippen molar-refractivity contribution < 1.29 is 0 Å². The van der Waals surface area contributed by atoms with Crippen LogP contribution in [0.4, 0.5) is 5.69 Å². The van der Waals surface area contributed by atoms with Crippen LogP contribution in [0.2, 0.25) is 0 Å². The lowest BCUT2D eigenvalue weighted by molar-refractivity contribution is 0.690. The molecule has 4 nitrogen and oxygen atoms in total. The molecule has 3 rings (SSSR count). The van der Waals surface area contributed by atoms with E-state index in [0.717, 1.165) is 15.9 Å². The SMILES string of the molecule is Cc1cccc(NCCn2cnc3ccsc3c2=O)c1. The van der Waals surface area contributed by atoms with Crippen LogP contribution in [0.25, 0.3) is 10.2 Å².